The number of hydrogen-bond donors (Lipinski definition) is 0. The number of rotatable bonds is 5. The van der Waals surface area contributed by atoms with Crippen molar-refractivity contribution >= 4 is 22.8 Å². The molecular formula is C16H19N3O6. The average Bonchev–Trinajstić information content (AvgIpc) is 2.58. The zero-order valence-corrected chi connectivity index (χ0v) is 14.4. The number of hydrogen-bond acceptors (Lipinski definition) is 7. The molecule has 0 N–H and O–H groups in total. The molecule has 0 spiro atoms. The lowest BCUT2D eigenvalue weighted by Gasteiger charge is -2.16. The smallest absolute Gasteiger partial charge is 0.330 e. The minimum Gasteiger partial charge on any atom is -0.465 e. The summed E-state index contributed by atoms with van der Waals surface area (Å²) in [4.78, 5) is 53.4. The zero-order valence-electron chi connectivity index (χ0n) is 14.4. The minimum atomic E-state index is -1.51. The SMILES string of the molecule is CCOC(=O)C(C(=O)OCC)c1nccc2c1c(=O)n(C)c(=O)n2C. The van der Waals surface area contributed by atoms with Crippen molar-refractivity contribution in [3.63, 3.8) is 0 Å². The Morgan fingerprint density at radius 3 is 2.16 bits per heavy atom. The Hall–Kier alpha value is -2.97. The first-order valence-corrected chi connectivity index (χ1v) is 7.73. The lowest BCUT2D eigenvalue weighted by atomic mass is 10.0. The van der Waals surface area contributed by atoms with Crippen molar-refractivity contribution in [3.05, 3.63) is 38.8 Å². The first-order chi connectivity index (χ1) is 11.8. The second kappa shape index (κ2) is 7.29. The van der Waals surface area contributed by atoms with Crippen LogP contribution in [-0.2, 0) is 33.2 Å². The third-order valence-electron chi connectivity index (χ3n) is 3.73. The highest BCUT2D eigenvalue weighted by Gasteiger charge is 2.35. The Balaban J connectivity index is 2.85. The van der Waals surface area contributed by atoms with E-state index in [-0.39, 0.29) is 29.8 Å². The van der Waals surface area contributed by atoms with E-state index < -0.39 is 29.1 Å². The predicted octanol–water partition coefficient (Wildman–Crippen LogP) is -0.158. The van der Waals surface area contributed by atoms with Gasteiger partial charge in [-0.25, -0.2) is 4.79 Å². The van der Waals surface area contributed by atoms with Gasteiger partial charge in [-0.15, -0.1) is 0 Å². The highest BCUT2D eigenvalue weighted by molar-refractivity contribution is 6.03. The Morgan fingerprint density at radius 1 is 1.08 bits per heavy atom. The maximum absolute atomic E-state index is 12.6. The molecule has 2 aromatic heterocycles. The topological polar surface area (TPSA) is 109 Å². The van der Waals surface area contributed by atoms with Crippen LogP contribution in [0.2, 0.25) is 0 Å². The molecule has 2 rings (SSSR count). The maximum atomic E-state index is 12.6. The average molecular weight is 349 g/mol. The molecule has 0 aromatic carbocycles. The van der Waals surface area contributed by atoms with E-state index in [4.69, 9.17) is 9.47 Å². The number of nitrogens with zero attached hydrogens (tertiary/aromatic N) is 3. The summed E-state index contributed by atoms with van der Waals surface area (Å²) < 4.78 is 12.0. The fraction of sp³-hybridized carbons (Fsp3) is 0.438. The number of pyridine rings is 1. The summed E-state index contributed by atoms with van der Waals surface area (Å²) in [5.74, 6) is -3.23. The first kappa shape index (κ1) is 18.4. The van der Waals surface area contributed by atoms with Crippen LogP contribution in [0.5, 0.6) is 0 Å². The Morgan fingerprint density at radius 2 is 1.64 bits per heavy atom. The van der Waals surface area contributed by atoms with E-state index in [1.807, 2.05) is 0 Å². The molecule has 0 aliphatic rings. The summed E-state index contributed by atoms with van der Waals surface area (Å²) in [5.41, 5.74) is -1.01. The maximum Gasteiger partial charge on any atom is 0.330 e. The minimum absolute atomic E-state index is 0.00166. The summed E-state index contributed by atoms with van der Waals surface area (Å²) in [7, 11) is 2.79. The molecule has 0 amide bonds. The van der Waals surface area contributed by atoms with Gasteiger partial charge in [0, 0.05) is 20.3 Å². The molecule has 0 saturated carbocycles. The van der Waals surface area contributed by atoms with Crippen LogP contribution in [0.25, 0.3) is 10.9 Å². The van der Waals surface area contributed by atoms with Gasteiger partial charge >= 0.3 is 17.6 Å². The van der Waals surface area contributed by atoms with Crippen molar-refractivity contribution < 1.29 is 19.1 Å². The third kappa shape index (κ3) is 3.17. The van der Waals surface area contributed by atoms with Crippen molar-refractivity contribution in [2.75, 3.05) is 13.2 Å². The molecule has 0 aliphatic carbocycles. The van der Waals surface area contributed by atoms with Gasteiger partial charge in [0.15, 0.2) is 5.92 Å². The summed E-state index contributed by atoms with van der Waals surface area (Å²) >= 11 is 0. The molecule has 0 radical (unpaired) electrons. The Kier molecular flexibility index (Phi) is 5.35. The van der Waals surface area contributed by atoms with Crippen LogP contribution in [0.15, 0.2) is 21.9 Å². The number of aromatic nitrogens is 3. The van der Waals surface area contributed by atoms with Crippen LogP contribution in [0, 0.1) is 0 Å². The molecule has 0 unspecified atom stereocenters. The van der Waals surface area contributed by atoms with Gasteiger partial charge in [-0.1, -0.05) is 0 Å². The summed E-state index contributed by atoms with van der Waals surface area (Å²) in [6.45, 7) is 3.30. The molecule has 9 heteroatoms. The number of carbonyl (C=O) groups is 2. The predicted molar refractivity (Wildman–Crippen MR) is 88.2 cm³/mol. The molecule has 9 nitrogen and oxygen atoms in total. The normalized spacial score (nSPS) is 10.9. The monoisotopic (exact) mass is 349 g/mol. The standard InChI is InChI=1S/C16H19N3O6/c1-5-24-14(21)11(15(22)25-6-2)12-10-9(7-8-17-12)18(3)16(23)19(4)13(10)20/h7-8,11H,5-6H2,1-4H3. The lowest BCUT2D eigenvalue weighted by molar-refractivity contribution is -0.157. The molecule has 25 heavy (non-hydrogen) atoms. The van der Waals surface area contributed by atoms with Crippen LogP contribution in [-0.4, -0.2) is 39.3 Å². The van der Waals surface area contributed by atoms with E-state index in [2.05, 4.69) is 4.98 Å². The molecule has 2 aromatic rings. The lowest BCUT2D eigenvalue weighted by Crippen LogP contribution is -2.38. The summed E-state index contributed by atoms with van der Waals surface area (Å²) in [6, 6.07) is 1.47. The fourth-order valence-electron chi connectivity index (χ4n) is 2.54. The van der Waals surface area contributed by atoms with E-state index in [0.29, 0.717) is 0 Å². The molecule has 0 fully saturated rings. The molecular weight excluding hydrogens is 330 g/mol. The molecule has 0 atom stereocenters. The van der Waals surface area contributed by atoms with E-state index in [9.17, 15) is 19.2 Å². The molecule has 0 saturated heterocycles. The highest BCUT2D eigenvalue weighted by Crippen LogP contribution is 2.23. The van der Waals surface area contributed by atoms with E-state index in [1.165, 1.54) is 30.9 Å². The highest BCUT2D eigenvalue weighted by atomic mass is 16.6. The van der Waals surface area contributed by atoms with Crippen molar-refractivity contribution in [1.82, 2.24) is 14.1 Å². The van der Waals surface area contributed by atoms with Crippen molar-refractivity contribution in [3.8, 4) is 0 Å². The van der Waals surface area contributed by atoms with Gasteiger partial charge < -0.3 is 9.47 Å². The summed E-state index contributed by atoms with van der Waals surface area (Å²) in [6.07, 6.45) is 1.32. The van der Waals surface area contributed by atoms with Crippen molar-refractivity contribution in [2.45, 2.75) is 19.8 Å². The van der Waals surface area contributed by atoms with Crippen LogP contribution < -0.4 is 11.2 Å². The first-order valence-electron chi connectivity index (χ1n) is 7.73. The van der Waals surface area contributed by atoms with Crippen molar-refractivity contribution in [1.29, 1.82) is 0 Å². The number of ether oxygens (including phenoxy) is 2. The van der Waals surface area contributed by atoms with Gasteiger partial charge in [0.1, 0.15) is 0 Å². The second-order valence-electron chi connectivity index (χ2n) is 5.23. The zero-order chi connectivity index (χ0) is 18.7. The van der Waals surface area contributed by atoms with Gasteiger partial charge in [0.2, 0.25) is 0 Å². The van der Waals surface area contributed by atoms with Gasteiger partial charge in [-0.2, -0.15) is 0 Å². The molecule has 0 aliphatic heterocycles. The number of fused-ring (bicyclic) bond motifs is 1. The fourth-order valence-corrected chi connectivity index (χ4v) is 2.54. The molecule has 0 bridgehead atoms. The quantitative estimate of drug-likeness (QED) is 0.545. The van der Waals surface area contributed by atoms with Gasteiger partial charge in [-0.05, 0) is 19.9 Å². The summed E-state index contributed by atoms with van der Waals surface area (Å²) in [5, 5.41) is -0.00166. The van der Waals surface area contributed by atoms with E-state index >= 15 is 0 Å². The van der Waals surface area contributed by atoms with E-state index in [1.54, 1.807) is 13.8 Å². The molecule has 2 heterocycles. The second-order valence-corrected chi connectivity index (χ2v) is 5.23. The Bertz CT molecular complexity index is 925. The van der Waals surface area contributed by atoms with Gasteiger partial charge in [0.25, 0.3) is 5.56 Å². The number of esters is 2. The van der Waals surface area contributed by atoms with Crippen LogP contribution in [0.4, 0.5) is 0 Å². The number of aryl methyl sites for hydroxylation is 1. The van der Waals surface area contributed by atoms with E-state index in [0.717, 1.165) is 4.57 Å². The van der Waals surface area contributed by atoms with Crippen LogP contribution in [0.3, 0.4) is 0 Å². The van der Waals surface area contributed by atoms with Crippen LogP contribution in [0.1, 0.15) is 25.5 Å². The third-order valence-corrected chi connectivity index (χ3v) is 3.73. The van der Waals surface area contributed by atoms with Crippen molar-refractivity contribution in [2.24, 2.45) is 14.1 Å². The number of carbonyl (C=O) groups excluding carboxylic acids is 2. The Labute approximate surface area is 142 Å². The van der Waals surface area contributed by atoms with Gasteiger partial charge in [0.05, 0.1) is 29.8 Å². The molecule has 134 valence electrons. The van der Waals surface area contributed by atoms with Crippen LogP contribution >= 0.6 is 0 Å². The largest absolute Gasteiger partial charge is 0.465 e. The van der Waals surface area contributed by atoms with Gasteiger partial charge in [-0.3, -0.25) is 28.5 Å².